The third-order valence-electron chi connectivity index (χ3n) is 1.33. The van der Waals surface area contributed by atoms with Crippen LogP contribution in [0.5, 0.6) is 0 Å². The summed E-state index contributed by atoms with van der Waals surface area (Å²) in [4.78, 5) is 9.77. The maximum Gasteiger partial charge on any atom is 0.185 e. The molecule has 0 aliphatic rings. The van der Waals surface area contributed by atoms with Crippen molar-refractivity contribution in [1.29, 1.82) is 0 Å². The summed E-state index contributed by atoms with van der Waals surface area (Å²) in [5.41, 5.74) is 0. The number of furan rings is 1. The van der Waals surface area contributed by atoms with Crippen LogP contribution in [0.4, 0.5) is 0 Å². The molecular weight excluding hydrogens is 164 g/mol. The first-order chi connectivity index (χ1) is 6.43. The predicted octanol–water partition coefficient (Wildman–Crippen LogP) is 2.78. The van der Waals surface area contributed by atoms with Crippen molar-refractivity contribution in [3.63, 3.8) is 0 Å². The third-order valence-corrected chi connectivity index (χ3v) is 1.33. The van der Waals surface area contributed by atoms with E-state index in [-0.39, 0.29) is 0 Å². The summed E-state index contributed by atoms with van der Waals surface area (Å²) >= 11 is 0. The van der Waals surface area contributed by atoms with Gasteiger partial charge in [-0.05, 0) is 12.1 Å². The highest BCUT2D eigenvalue weighted by molar-refractivity contribution is 5.69. The molecule has 0 aliphatic carbocycles. The highest BCUT2D eigenvalue weighted by Crippen LogP contribution is 1.92. The van der Waals surface area contributed by atoms with Gasteiger partial charge in [-0.15, -0.1) is 0 Å². The fourth-order valence-electron chi connectivity index (χ4n) is 0.743. The second kappa shape index (κ2) is 5.77. The molecule has 2 nitrogen and oxygen atoms in total. The Labute approximate surface area is 76.8 Å². The van der Waals surface area contributed by atoms with Crippen molar-refractivity contribution in [3.8, 4) is 0 Å². The minimum atomic E-state index is 0.375. The number of rotatable bonds is 1. The summed E-state index contributed by atoms with van der Waals surface area (Å²) in [7, 11) is 0. The van der Waals surface area contributed by atoms with Crippen molar-refractivity contribution < 1.29 is 9.21 Å². The number of aldehydes is 1. The van der Waals surface area contributed by atoms with Crippen LogP contribution in [0.2, 0.25) is 0 Å². The maximum atomic E-state index is 9.77. The van der Waals surface area contributed by atoms with Gasteiger partial charge in [-0.1, -0.05) is 36.4 Å². The molecule has 0 atom stereocenters. The normalized spacial score (nSPS) is 8.31. The van der Waals surface area contributed by atoms with E-state index in [1.165, 1.54) is 6.26 Å². The average molecular weight is 174 g/mol. The zero-order chi connectivity index (χ0) is 9.36. The van der Waals surface area contributed by atoms with Crippen LogP contribution in [0.15, 0.2) is 59.2 Å². The Hall–Kier alpha value is -1.83. The van der Waals surface area contributed by atoms with Gasteiger partial charge in [0.05, 0.1) is 6.26 Å². The van der Waals surface area contributed by atoms with E-state index in [0.717, 1.165) is 0 Å². The van der Waals surface area contributed by atoms with Gasteiger partial charge in [0.15, 0.2) is 12.0 Å². The molecule has 1 aromatic carbocycles. The largest absolute Gasteiger partial charge is 0.462 e. The summed E-state index contributed by atoms with van der Waals surface area (Å²) in [6.45, 7) is 0. The highest BCUT2D eigenvalue weighted by Gasteiger charge is 1.84. The Kier molecular flexibility index (Phi) is 4.11. The summed E-state index contributed by atoms with van der Waals surface area (Å²) in [5.74, 6) is 0.375. The van der Waals surface area contributed by atoms with Crippen LogP contribution in [0, 0.1) is 0 Å². The van der Waals surface area contributed by atoms with Crippen LogP contribution in [0.3, 0.4) is 0 Å². The lowest BCUT2D eigenvalue weighted by atomic mass is 10.4. The highest BCUT2D eigenvalue weighted by atomic mass is 16.3. The number of benzene rings is 1. The fraction of sp³-hybridized carbons (Fsp3) is 0. The maximum absolute atomic E-state index is 9.77. The summed E-state index contributed by atoms with van der Waals surface area (Å²) in [6, 6.07) is 15.3. The van der Waals surface area contributed by atoms with Gasteiger partial charge in [0.25, 0.3) is 0 Å². The van der Waals surface area contributed by atoms with Gasteiger partial charge in [0.1, 0.15) is 0 Å². The second-order valence-electron chi connectivity index (χ2n) is 2.29. The molecule has 2 rings (SSSR count). The zero-order valence-corrected chi connectivity index (χ0v) is 7.09. The lowest BCUT2D eigenvalue weighted by Gasteiger charge is -1.69. The van der Waals surface area contributed by atoms with Gasteiger partial charge in [-0.25, -0.2) is 0 Å². The van der Waals surface area contributed by atoms with Gasteiger partial charge < -0.3 is 4.42 Å². The Morgan fingerprint density at radius 2 is 1.46 bits per heavy atom. The van der Waals surface area contributed by atoms with Crippen LogP contribution < -0.4 is 0 Å². The number of carbonyl (C=O) groups excluding carboxylic acids is 1. The van der Waals surface area contributed by atoms with E-state index in [9.17, 15) is 4.79 Å². The fourth-order valence-corrected chi connectivity index (χ4v) is 0.743. The van der Waals surface area contributed by atoms with E-state index >= 15 is 0 Å². The molecule has 0 saturated heterocycles. The van der Waals surface area contributed by atoms with Gasteiger partial charge in [-0.2, -0.15) is 0 Å². The summed E-state index contributed by atoms with van der Waals surface area (Å²) in [5, 5.41) is 0. The Morgan fingerprint density at radius 1 is 0.923 bits per heavy atom. The number of hydrogen-bond donors (Lipinski definition) is 0. The molecule has 0 fully saturated rings. The molecule has 0 unspecified atom stereocenters. The van der Waals surface area contributed by atoms with Gasteiger partial charge >= 0.3 is 0 Å². The minimum Gasteiger partial charge on any atom is -0.462 e. The van der Waals surface area contributed by atoms with Crippen LogP contribution in [-0.2, 0) is 0 Å². The first-order valence-electron chi connectivity index (χ1n) is 3.92. The SMILES string of the molecule is O=Cc1ccco1.c1ccccc1. The molecule has 0 N–H and O–H groups in total. The second-order valence-corrected chi connectivity index (χ2v) is 2.29. The van der Waals surface area contributed by atoms with Gasteiger partial charge in [0, 0.05) is 0 Å². The van der Waals surface area contributed by atoms with E-state index in [0.29, 0.717) is 12.0 Å². The van der Waals surface area contributed by atoms with E-state index in [1.807, 2.05) is 36.4 Å². The number of hydrogen-bond acceptors (Lipinski definition) is 2. The standard InChI is InChI=1S/C6H6.C5H4O2/c1-2-4-6-5-3-1;6-4-5-2-1-3-7-5/h1-6H;1-4H. The van der Waals surface area contributed by atoms with E-state index < -0.39 is 0 Å². The molecule has 66 valence electrons. The Bertz CT molecular complexity index is 284. The van der Waals surface area contributed by atoms with Crippen LogP contribution >= 0.6 is 0 Å². The van der Waals surface area contributed by atoms with Crippen molar-refractivity contribution in [3.05, 3.63) is 60.6 Å². The van der Waals surface area contributed by atoms with Gasteiger partial charge in [-0.3, -0.25) is 4.79 Å². The molecule has 2 heteroatoms. The molecule has 0 bridgehead atoms. The molecule has 0 radical (unpaired) electrons. The Balaban J connectivity index is 0.000000132. The van der Waals surface area contributed by atoms with Crippen molar-refractivity contribution in [2.24, 2.45) is 0 Å². The monoisotopic (exact) mass is 174 g/mol. The van der Waals surface area contributed by atoms with Crippen molar-refractivity contribution in [2.45, 2.75) is 0 Å². The molecule has 1 aromatic heterocycles. The van der Waals surface area contributed by atoms with Crippen molar-refractivity contribution >= 4 is 6.29 Å². The zero-order valence-electron chi connectivity index (χ0n) is 7.09. The minimum absolute atomic E-state index is 0.375. The predicted molar refractivity (Wildman–Crippen MR) is 50.5 cm³/mol. The first kappa shape index (κ1) is 9.26. The Morgan fingerprint density at radius 3 is 1.69 bits per heavy atom. The van der Waals surface area contributed by atoms with Crippen LogP contribution in [-0.4, -0.2) is 6.29 Å². The van der Waals surface area contributed by atoms with E-state index in [1.54, 1.807) is 12.1 Å². The van der Waals surface area contributed by atoms with Crippen molar-refractivity contribution in [2.75, 3.05) is 0 Å². The molecule has 1 heterocycles. The topological polar surface area (TPSA) is 30.2 Å². The molecule has 0 amide bonds. The number of carbonyl (C=O) groups is 1. The summed E-state index contributed by atoms with van der Waals surface area (Å²) < 4.78 is 4.61. The molecule has 0 spiro atoms. The molecule has 0 saturated carbocycles. The van der Waals surface area contributed by atoms with Crippen LogP contribution in [0.1, 0.15) is 10.6 Å². The smallest absolute Gasteiger partial charge is 0.185 e. The third kappa shape index (κ3) is 3.91. The molecule has 0 aliphatic heterocycles. The van der Waals surface area contributed by atoms with E-state index in [4.69, 9.17) is 0 Å². The molecular formula is C11H10O2. The lowest BCUT2D eigenvalue weighted by Crippen LogP contribution is -1.65. The summed E-state index contributed by atoms with van der Waals surface area (Å²) in [6.07, 6.45) is 2.13. The van der Waals surface area contributed by atoms with E-state index in [2.05, 4.69) is 4.42 Å². The average Bonchev–Trinajstić information content (AvgIpc) is 2.74. The molecule has 13 heavy (non-hydrogen) atoms. The first-order valence-corrected chi connectivity index (χ1v) is 3.92. The van der Waals surface area contributed by atoms with Crippen LogP contribution in [0.25, 0.3) is 0 Å². The lowest BCUT2D eigenvalue weighted by molar-refractivity contribution is 0.110. The molecule has 2 aromatic rings. The quantitative estimate of drug-likeness (QED) is 0.622. The van der Waals surface area contributed by atoms with Crippen molar-refractivity contribution in [1.82, 2.24) is 0 Å². The van der Waals surface area contributed by atoms with Gasteiger partial charge in [0.2, 0.25) is 0 Å².